The highest BCUT2D eigenvalue weighted by atomic mass is 79.9. The van der Waals surface area contributed by atoms with Gasteiger partial charge in [0.05, 0.1) is 23.6 Å². The third-order valence-corrected chi connectivity index (χ3v) is 7.97. The summed E-state index contributed by atoms with van der Waals surface area (Å²) in [4.78, 5) is 6.90. The zero-order chi connectivity index (χ0) is 18.3. The van der Waals surface area contributed by atoms with Gasteiger partial charge < -0.3 is 4.90 Å². The van der Waals surface area contributed by atoms with E-state index in [9.17, 15) is 8.42 Å². The number of aliphatic imine (C=N–C) groups is 1. The molecule has 2 aliphatic rings. The molecule has 1 saturated heterocycles. The van der Waals surface area contributed by atoms with E-state index in [1.807, 2.05) is 19.1 Å². The number of thioether (sulfide) groups is 1. The molecule has 2 aromatic carbocycles. The van der Waals surface area contributed by atoms with Crippen LogP contribution in [0.4, 0.5) is 5.69 Å². The van der Waals surface area contributed by atoms with Crippen molar-refractivity contribution in [2.24, 2.45) is 4.99 Å². The van der Waals surface area contributed by atoms with Gasteiger partial charge in [-0.1, -0.05) is 57.5 Å². The number of amidine groups is 1. The largest absolute Gasteiger partial charge is 0.315 e. The zero-order valence-corrected chi connectivity index (χ0v) is 17.5. The summed E-state index contributed by atoms with van der Waals surface area (Å²) in [5.74, 6) is 1.14. The quantitative estimate of drug-likeness (QED) is 0.707. The van der Waals surface area contributed by atoms with Gasteiger partial charge in [-0.15, -0.1) is 0 Å². The van der Waals surface area contributed by atoms with Crippen LogP contribution in [0.5, 0.6) is 0 Å². The molecule has 0 aromatic heterocycles. The van der Waals surface area contributed by atoms with E-state index in [2.05, 4.69) is 57.2 Å². The molecule has 2 heterocycles. The fraction of sp³-hybridized carbons (Fsp3) is 0.316. The lowest BCUT2D eigenvalue weighted by Gasteiger charge is -2.26. The number of rotatable bonds is 3. The van der Waals surface area contributed by atoms with Crippen LogP contribution >= 0.6 is 27.7 Å². The number of fused-ring (bicyclic) bond motifs is 1. The van der Waals surface area contributed by atoms with E-state index in [0.717, 1.165) is 21.1 Å². The first-order valence-corrected chi connectivity index (χ1v) is 12.0. The topological polar surface area (TPSA) is 49.7 Å². The van der Waals surface area contributed by atoms with E-state index in [1.54, 1.807) is 11.8 Å². The predicted molar refractivity (Wildman–Crippen MR) is 113 cm³/mol. The summed E-state index contributed by atoms with van der Waals surface area (Å²) in [6.45, 7) is 2.05. The normalized spacial score (nSPS) is 23.8. The van der Waals surface area contributed by atoms with E-state index in [4.69, 9.17) is 4.99 Å². The van der Waals surface area contributed by atoms with Crippen LogP contribution < -0.4 is 4.90 Å². The molecule has 4 rings (SSSR count). The molecule has 2 aliphatic heterocycles. The minimum Gasteiger partial charge on any atom is -0.315 e. The Labute approximate surface area is 166 Å². The lowest BCUT2D eigenvalue weighted by atomic mass is 10.1. The van der Waals surface area contributed by atoms with Crippen molar-refractivity contribution in [3.05, 3.63) is 64.1 Å². The van der Waals surface area contributed by atoms with E-state index in [1.165, 1.54) is 11.1 Å². The molecule has 0 amide bonds. The third-order valence-electron chi connectivity index (χ3n) is 4.70. The third kappa shape index (κ3) is 3.70. The maximum Gasteiger partial charge on any atom is 0.164 e. The lowest BCUT2D eigenvalue weighted by Crippen LogP contribution is -2.39. The highest BCUT2D eigenvalue weighted by Crippen LogP contribution is 2.36. The first kappa shape index (κ1) is 18.1. The maximum absolute atomic E-state index is 12.1. The van der Waals surface area contributed by atoms with Crippen molar-refractivity contribution in [2.75, 3.05) is 16.4 Å². The number of halogens is 1. The Kier molecular flexibility index (Phi) is 4.88. The molecule has 1 fully saturated rings. The van der Waals surface area contributed by atoms with Crippen LogP contribution in [0.2, 0.25) is 0 Å². The van der Waals surface area contributed by atoms with Gasteiger partial charge in [0, 0.05) is 15.9 Å². The number of benzene rings is 2. The first-order chi connectivity index (χ1) is 12.4. The molecule has 0 spiro atoms. The van der Waals surface area contributed by atoms with Crippen molar-refractivity contribution in [1.29, 1.82) is 0 Å². The van der Waals surface area contributed by atoms with E-state index < -0.39 is 9.84 Å². The smallest absolute Gasteiger partial charge is 0.164 e. The van der Waals surface area contributed by atoms with Crippen LogP contribution in [-0.4, -0.2) is 37.2 Å². The second-order valence-electron chi connectivity index (χ2n) is 6.74. The van der Waals surface area contributed by atoms with Crippen molar-refractivity contribution in [1.82, 2.24) is 0 Å². The number of aryl methyl sites for hydroxylation is 1. The second-order valence-corrected chi connectivity index (χ2v) is 10.8. The standard InChI is InChI=1S/C19H19BrN2O2S2/c1-13-2-8-16(9-3-13)22-18-12-26(23,24)11-17(18)21-19(22)25-10-14-4-6-15(20)7-5-14/h2-9,17-18H,10-12H2,1H3/t17-,18-/m1/s1. The van der Waals surface area contributed by atoms with Crippen LogP contribution in [0.1, 0.15) is 11.1 Å². The van der Waals surface area contributed by atoms with E-state index >= 15 is 0 Å². The first-order valence-electron chi connectivity index (χ1n) is 8.43. The van der Waals surface area contributed by atoms with Gasteiger partial charge in [-0.05, 0) is 36.8 Å². The maximum atomic E-state index is 12.1. The van der Waals surface area contributed by atoms with Crippen molar-refractivity contribution < 1.29 is 8.42 Å². The van der Waals surface area contributed by atoms with Gasteiger partial charge in [-0.25, -0.2) is 8.42 Å². The number of anilines is 1. The fourth-order valence-electron chi connectivity index (χ4n) is 3.37. The number of hydrogen-bond donors (Lipinski definition) is 0. The Hall–Kier alpha value is -1.31. The minimum absolute atomic E-state index is 0.0878. The molecule has 0 unspecified atom stereocenters. The molecule has 7 heteroatoms. The van der Waals surface area contributed by atoms with Crippen molar-refractivity contribution in [3.8, 4) is 0 Å². The minimum atomic E-state index is -3.01. The molecule has 136 valence electrons. The van der Waals surface area contributed by atoms with Gasteiger partial charge in [0.15, 0.2) is 15.0 Å². The van der Waals surface area contributed by atoms with Crippen LogP contribution in [0.3, 0.4) is 0 Å². The monoisotopic (exact) mass is 450 g/mol. The van der Waals surface area contributed by atoms with Crippen LogP contribution in [0, 0.1) is 6.92 Å². The Morgan fingerprint density at radius 3 is 2.50 bits per heavy atom. The molecule has 2 aromatic rings. The molecule has 4 nitrogen and oxygen atoms in total. The zero-order valence-electron chi connectivity index (χ0n) is 14.3. The highest BCUT2D eigenvalue weighted by Gasteiger charge is 2.47. The summed E-state index contributed by atoms with van der Waals surface area (Å²) in [6, 6.07) is 16.2. The van der Waals surface area contributed by atoms with E-state index in [0.29, 0.717) is 0 Å². The van der Waals surface area contributed by atoms with Crippen molar-refractivity contribution in [2.45, 2.75) is 24.8 Å². The van der Waals surface area contributed by atoms with Gasteiger partial charge >= 0.3 is 0 Å². The summed E-state index contributed by atoms with van der Waals surface area (Å²) in [5.41, 5.74) is 3.42. The Balaban J connectivity index is 1.60. The number of sulfone groups is 1. The van der Waals surface area contributed by atoms with Gasteiger partial charge in [0.25, 0.3) is 0 Å². The summed E-state index contributed by atoms with van der Waals surface area (Å²) in [7, 11) is -3.01. The van der Waals surface area contributed by atoms with Crippen LogP contribution in [-0.2, 0) is 15.6 Å². The van der Waals surface area contributed by atoms with Gasteiger partial charge in [-0.3, -0.25) is 4.99 Å². The molecule has 0 aliphatic carbocycles. The lowest BCUT2D eigenvalue weighted by molar-refractivity contribution is 0.601. The van der Waals surface area contributed by atoms with Gasteiger partial charge in [-0.2, -0.15) is 0 Å². The van der Waals surface area contributed by atoms with Gasteiger partial charge in [0.2, 0.25) is 0 Å². The predicted octanol–water partition coefficient (Wildman–Crippen LogP) is 4.03. The Morgan fingerprint density at radius 2 is 1.81 bits per heavy atom. The summed E-state index contributed by atoms with van der Waals surface area (Å²) < 4.78 is 25.2. The summed E-state index contributed by atoms with van der Waals surface area (Å²) in [5, 5.41) is 0.918. The summed E-state index contributed by atoms with van der Waals surface area (Å²) >= 11 is 5.13. The van der Waals surface area contributed by atoms with Crippen molar-refractivity contribution in [3.63, 3.8) is 0 Å². The summed E-state index contributed by atoms with van der Waals surface area (Å²) in [6.07, 6.45) is 0. The Bertz CT molecular complexity index is 941. The van der Waals surface area contributed by atoms with Crippen LogP contribution in [0.25, 0.3) is 0 Å². The molecular weight excluding hydrogens is 432 g/mol. The molecule has 26 heavy (non-hydrogen) atoms. The van der Waals surface area contributed by atoms with Crippen LogP contribution in [0.15, 0.2) is 58.0 Å². The molecule has 2 atom stereocenters. The van der Waals surface area contributed by atoms with Crippen molar-refractivity contribution >= 4 is 48.4 Å². The van der Waals surface area contributed by atoms with E-state index in [-0.39, 0.29) is 23.6 Å². The molecule has 0 saturated carbocycles. The second kappa shape index (κ2) is 7.02. The fourth-order valence-corrected chi connectivity index (χ4v) is 6.56. The molecule has 0 N–H and O–H groups in total. The average molecular weight is 451 g/mol. The number of hydrogen-bond acceptors (Lipinski definition) is 5. The molecular formula is C19H19BrN2O2S2. The average Bonchev–Trinajstić information content (AvgIpc) is 3.06. The molecule has 0 radical (unpaired) electrons. The SMILES string of the molecule is Cc1ccc(N2C(SCc3ccc(Br)cc3)=N[C@@H]3CS(=O)(=O)C[C@H]32)cc1. The van der Waals surface area contributed by atoms with Gasteiger partial charge in [0.1, 0.15) is 0 Å². The highest BCUT2D eigenvalue weighted by molar-refractivity contribution is 9.10. The Morgan fingerprint density at radius 1 is 1.12 bits per heavy atom. The molecule has 0 bridgehead atoms. The number of nitrogens with zero attached hydrogens (tertiary/aromatic N) is 2.